The molecule has 3 nitrogen and oxygen atoms in total. The van der Waals surface area contributed by atoms with Crippen molar-refractivity contribution in [2.45, 2.75) is 0 Å². The number of rotatable bonds is 5. The molecule has 0 fully saturated rings. The largest absolute Gasteiger partial charge is 0.454 e. The SMILES string of the molecule is O=C(/C=C/c1ccccc1Cl)OCC(=O)c1ccccc1Cl. The zero-order chi connectivity index (χ0) is 15.9. The van der Waals surface area contributed by atoms with Gasteiger partial charge in [-0.25, -0.2) is 4.79 Å². The molecule has 0 amide bonds. The highest BCUT2D eigenvalue weighted by atomic mass is 35.5. The molecule has 5 heteroatoms. The molecule has 0 N–H and O–H groups in total. The Labute approximate surface area is 138 Å². The van der Waals surface area contributed by atoms with Gasteiger partial charge >= 0.3 is 5.97 Å². The quantitative estimate of drug-likeness (QED) is 0.461. The van der Waals surface area contributed by atoms with E-state index in [0.717, 1.165) is 0 Å². The highest BCUT2D eigenvalue weighted by molar-refractivity contribution is 6.34. The van der Waals surface area contributed by atoms with Crippen LogP contribution in [0.3, 0.4) is 0 Å². The van der Waals surface area contributed by atoms with Crippen LogP contribution in [0.4, 0.5) is 0 Å². The van der Waals surface area contributed by atoms with Gasteiger partial charge in [0.1, 0.15) is 0 Å². The van der Waals surface area contributed by atoms with E-state index in [1.54, 1.807) is 48.5 Å². The number of hydrogen-bond donors (Lipinski definition) is 0. The summed E-state index contributed by atoms with van der Waals surface area (Å²) in [6.07, 6.45) is 2.76. The highest BCUT2D eigenvalue weighted by Crippen LogP contribution is 2.17. The minimum atomic E-state index is -0.625. The molecule has 0 aliphatic heterocycles. The minimum Gasteiger partial charge on any atom is -0.454 e. The van der Waals surface area contributed by atoms with Crippen molar-refractivity contribution in [3.8, 4) is 0 Å². The van der Waals surface area contributed by atoms with E-state index in [9.17, 15) is 9.59 Å². The molecule has 0 bridgehead atoms. The van der Waals surface area contributed by atoms with Crippen molar-refractivity contribution in [2.24, 2.45) is 0 Å². The van der Waals surface area contributed by atoms with Gasteiger partial charge in [-0.15, -0.1) is 0 Å². The zero-order valence-corrected chi connectivity index (χ0v) is 13.0. The number of halogens is 2. The molecule has 112 valence electrons. The first-order valence-electron chi connectivity index (χ1n) is 6.45. The Kier molecular flexibility index (Phi) is 5.75. The van der Waals surface area contributed by atoms with Crippen molar-refractivity contribution in [3.63, 3.8) is 0 Å². The molecule has 0 saturated carbocycles. The predicted molar refractivity (Wildman–Crippen MR) is 87.2 cm³/mol. The molecule has 2 aromatic rings. The van der Waals surface area contributed by atoms with Crippen molar-refractivity contribution >= 4 is 41.0 Å². The molecule has 0 radical (unpaired) electrons. The van der Waals surface area contributed by atoms with Gasteiger partial charge in [-0.3, -0.25) is 4.79 Å². The normalized spacial score (nSPS) is 10.6. The number of benzene rings is 2. The highest BCUT2D eigenvalue weighted by Gasteiger charge is 2.11. The van der Waals surface area contributed by atoms with Gasteiger partial charge in [0, 0.05) is 16.7 Å². The lowest BCUT2D eigenvalue weighted by Crippen LogP contribution is -2.12. The molecule has 0 saturated heterocycles. The molecule has 0 atom stereocenters. The predicted octanol–water partition coefficient (Wildman–Crippen LogP) is 4.43. The summed E-state index contributed by atoms with van der Waals surface area (Å²) in [7, 11) is 0. The Hall–Kier alpha value is -2.10. The number of esters is 1. The van der Waals surface area contributed by atoms with E-state index < -0.39 is 5.97 Å². The van der Waals surface area contributed by atoms with Crippen LogP contribution in [0.15, 0.2) is 54.6 Å². The van der Waals surface area contributed by atoms with Gasteiger partial charge < -0.3 is 4.74 Å². The summed E-state index contributed by atoms with van der Waals surface area (Å²) in [6.45, 7) is -0.366. The van der Waals surface area contributed by atoms with Gasteiger partial charge in [0.25, 0.3) is 0 Å². The Morgan fingerprint density at radius 2 is 1.59 bits per heavy atom. The first-order chi connectivity index (χ1) is 10.6. The van der Waals surface area contributed by atoms with Gasteiger partial charge in [-0.1, -0.05) is 53.5 Å². The molecule has 0 aliphatic carbocycles. The smallest absolute Gasteiger partial charge is 0.331 e. The molecule has 0 aromatic heterocycles. The van der Waals surface area contributed by atoms with Crippen LogP contribution in [0.25, 0.3) is 6.08 Å². The lowest BCUT2D eigenvalue weighted by Gasteiger charge is -2.03. The number of Topliss-reactive ketones (excluding diaryl/α,β-unsaturated/α-hetero) is 1. The number of hydrogen-bond acceptors (Lipinski definition) is 3. The van der Waals surface area contributed by atoms with Gasteiger partial charge in [0.15, 0.2) is 6.61 Å². The van der Waals surface area contributed by atoms with Gasteiger partial charge in [-0.05, 0) is 29.8 Å². The van der Waals surface area contributed by atoms with Crippen LogP contribution in [0.2, 0.25) is 10.0 Å². The lowest BCUT2D eigenvalue weighted by molar-refractivity contribution is -0.136. The second-order valence-corrected chi connectivity index (χ2v) is 5.18. The number of carbonyl (C=O) groups excluding carboxylic acids is 2. The van der Waals surface area contributed by atoms with Crippen LogP contribution < -0.4 is 0 Å². The van der Waals surface area contributed by atoms with Crippen LogP contribution in [-0.4, -0.2) is 18.4 Å². The van der Waals surface area contributed by atoms with E-state index >= 15 is 0 Å². The minimum absolute atomic E-state index is 0.326. The monoisotopic (exact) mass is 334 g/mol. The van der Waals surface area contributed by atoms with E-state index in [4.69, 9.17) is 27.9 Å². The van der Waals surface area contributed by atoms with E-state index in [-0.39, 0.29) is 12.4 Å². The number of ether oxygens (including phenoxy) is 1. The summed E-state index contributed by atoms with van der Waals surface area (Å²) in [5.74, 6) is -0.981. The average molecular weight is 335 g/mol. The maximum Gasteiger partial charge on any atom is 0.331 e. The van der Waals surface area contributed by atoms with Gasteiger partial charge in [0.2, 0.25) is 5.78 Å². The zero-order valence-electron chi connectivity index (χ0n) is 11.5. The van der Waals surface area contributed by atoms with Crippen molar-refractivity contribution < 1.29 is 14.3 Å². The van der Waals surface area contributed by atoms with Crippen LogP contribution in [0, 0.1) is 0 Å². The third kappa shape index (κ3) is 4.45. The summed E-state index contributed by atoms with van der Waals surface area (Å²) in [5, 5.41) is 0.855. The Morgan fingerprint density at radius 3 is 2.27 bits per heavy atom. The third-order valence-electron chi connectivity index (χ3n) is 2.82. The van der Waals surface area contributed by atoms with Crippen LogP contribution >= 0.6 is 23.2 Å². The third-order valence-corrected chi connectivity index (χ3v) is 3.50. The maximum absolute atomic E-state index is 11.9. The summed E-state index contributed by atoms with van der Waals surface area (Å²) in [6, 6.07) is 13.7. The molecular weight excluding hydrogens is 323 g/mol. The molecular formula is C17H12Cl2O3. The Balaban J connectivity index is 1.92. The second-order valence-electron chi connectivity index (χ2n) is 4.37. The fourth-order valence-corrected chi connectivity index (χ4v) is 2.16. The van der Waals surface area contributed by atoms with E-state index in [2.05, 4.69) is 0 Å². The van der Waals surface area contributed by atoms with Crippen LogP contribution in [0.1, 0.15) is 15.9 Å². The van der Waals surface area contributed by atoms with Gasteiger partial charge in [0.05, 0.1) is 5.02 Å². The number of carbonyl (C=O) groups is 2. The van der Waals surface area contributed by atoms with E-state index in [1.807, 2.05) is 0 Å². The molecule has 0 heterocycles. The van der Waals surface area contributed by atoms with Crippen molar-refractivity contribution in [2.75, 3.05) is 6.61 Å². The van der Waals surface area contributed by atoms with Crippen molar-refractivity contribution in [1.29, 1.82) is 0 Å². The molecule has 2 rings (SSSR count). The molecule has 0 spiro atoms. The summed E-state index contributed by atoms with van der Waals surface area (Å²) in [5.41, 5.74) is 1.02. The lowest BCUT2D eigenvalue weighted by atomic mass is 10.1. The van der Waals surface area contributed by atoms with Crippen LogP contribution in [0.5, 0.6) is 0 Å². The molecule has 22 heavy (non-hydrogen) atoms. The molecule has 0 unspecified atom stereocenters. The summed E-state index contributed by atoms with van der Waals surface area (Å²) < 4.78 is 4.90. The Bertz CT molecular complexity index is 723. The fourth-order valence-electron chi connectivity index (χ4n) is 1.72. The average Bonchev–Trinajstić information content (AvgIpc) is 2.52. The summed E-state index contributed by atoms with van der Waals surface area (Å²) in [4.78, 5) is 23.5. The number of ketones is 1. The standard InChI is InChI=1S/C17H12Cl2O3/c18-14-7-3-1-5-12(14)9-10-17(21)22-11-16(20)13-6-2-4-8-15(13)19/h1-10H,11H2/b10-9+. The topological polar surface area (TPSA) is 43.4 Å². The second kappa shape index (κ2) is 7.78. The fraction of sp³-hybridized carbons (Fsp3) is 0.0588. The van der Waals surface area contributed by atoms with E-state index in [0.29, 0.717) is 21.2 Å². The molecule has 2 aromatic carbocycles. The van der Waals surface area contributed by atoms with Crippen molar-refractivity contribution in [3.05, 3.63) is 75.8 Å². The Morgan fingerprint density at radius 1 is 0.955 bits per heavy atom. The van der Waals surface area contributed by atoms with E-state index in [1.165, 1.54) is 12.2 Å². The van der Waals surface area contributed by atoms with Gasteiger partial charge in [-0.2, -0.15) is 0 Å². The van der Waals surface area contributed by atoms with Crippen LogP contribution in [-0.2, 0) is 9.53 Å². The first-order valence-corrected chi connectivity index (χ1v) is 7.20. The van der Waals surface area contributed by atoms with Crippen molar-refractivity contribution in [1.82, 2.24) is 0 Å². The summed E-state index contributed by atoms with van der Waals surface area (Å²) >= 11 is 11.9. The molecule has 0 aliphatic rings. The first kappa shape index (κ1) is 16.3. The maximum atomic E-state index is 11.9.